The van der Waals surface area contributed by atoms with E-state index >= 15 is 0 Å². The van der Waals surface area contributed by atoms with Crippen LogP contribution in [0, 0.1) is 0 Å². The van der Waals surface area contributed by atoms with Crippen molar-refractivity contribution in [3.63, 3.8) is 0 Å². The zero-order valence-electron chi connectivity index (χ0n) is 9.90. The second-order valence-corrected chi connectivity index (χ2v) is 3.84. The predicted molar refractivity (Wildman–Crippen MR) is 66.7 cm³/mol. The Labute approximate surface area is 102 Å². The summed E-state index contributed by atoms with van der Waals surface area (Å²) < 4.78 is 0. The number of anilines is 1. The SMILES string of the molecule is CC(=O)Nc1c(C(C)=O)c(=O)[nH]c2ncccc12. The normalized spacial score (nSPS) is 10.3. The lowest BCUT2D eigenvalue weighted by atomic mass is 10.1. The molecule has 0 radical (unpaired) electrons. The number of aromatic amines is 1. The van der Waals surface area contributed by atoms with Gasteiger partial charge < -0.3 is 10.3 Å². The molecule has 0 fully saturated rings. The fourth-order valence-corrected chi connectivity index (χ4v) is 1.77. The molecule has 0 aromatic carbocycles. The van der Waals surface area contributed by atoms with Gasteiger partial charge in [0.2, 0.25) is 5.91 Å². The van der Waals surface area contributed by atoms with E-state index in [-0.39, 0.29) is 17.2 Å². The number of amides is 1. The van der Waals surface area contributed by atoms with Gasteiger partial charge in [-0.15, -0.1) is 0 Å². The summed E-state index contributed by atoms with van der Waals surface area (Å²) in [6.45, 7) is 2.59. The van der Waals surface area contributed by atoms with E-state index in [1.165, 1.54) is 20.0 Å². The molecule has 0 aliphatic heterocycles. The number of nitrogens with zero attached hydrogens (tertiary/aromatic N) is 1. The standard InChI is InChI=1S/C12H11N3O3/c1-6(16)9-10(14-7(2)17)8-4-3-5-13-11(8)15-12(9)18/h3-5H,1-2H3,(H2,13,14,15,17,18). The number of nitrogens with one attached hydrogen (secondary N) is 2. The number of H-pyrrole nitrogens is 1. The van der Waals surface area contributed by atoms with Gasteiger partial charge in [-0.2, -0.15) is 0 Å². The Balaban J connectivity index is 2.89. The number of pyridine rings is 2. The highest BCUT2D eigenvalue weighted by Crippen LogP contribution is 2.22. The molecule has 2 aromatic rings. The van der Waals surface area contributed by atoms with Crippen LogP contribution in [0.1, 0.15) is 24.2 Å². The molecule has 0 saturated heterocycles. The molecular weight excluding hydrogens is 234 g/mol. The molecule has 0 aliphatic carbocycles. The van der Waals surface area contributed by atoms with Gasteiger partial charge in [0.1, 0.15) is 11.2 Å². The van der Waals surface area contributed by atoms with E-state index in [4.69, 9.17) is 0 Å². The van der Waals surface area contributed by atoms with Crippen LogP contribution in [0.3, 0.4) is 0 Å². The molecule has 0 unspecified atom stereocenters. The third kappa shape index (κ3) is 2.00. The third-order valence-electron chi connectivity index (χ3n) is 2.44. The molecule has 6 heteroatoms. The quantitative estimate of drug-likeness (QED) is 0.774. The highest BCUT2D eigenvalue weighted by atomic mass is 16.2. The topological polar surface area (TPSA) is 91.9 Å². The second kappa shape index (κ2) is 4.40. The maximum absolute atomic E-state index is 11.8. The van der Waals surface area contributed by atoms with Gasteiger partial charge in [0.15, 0.2) is 5.78 Å². The van der Waals surface area contributed by atoms with Crippen molar-refractivity contribution >= 4 is 28.4 Å². The summed E-state index contributed by atoms with van der Waals surface area (Å²) in [7, 11) is 0. The first-order valence-corrected chi connectivity index (χ1v) is 5.30. The fourth-order valence-electron chi connectivity index (χ4n) is 1.77. The van der Waals surface area contributed by atoms with Crippen LogP contribution in [-0.2, 0) is 4.79 Å². The predicted octanol–water partition coefficient (Wildman–Crippen LogP) is 1.08. The first kappa shape index (κ1) is 12.0. The van der Waals surface area contributed by atoms with Crippen molar-refractivity contribution in [2.24, 2.45) is 0 Å². The van der Waals surface area contributed by atoms with Crippen LogP contribution < -0.4 is 10.9 Å². The Kier molecular flexibility index (Phi) is 2.93. The van der Waals surface area contributed by atoms with Gasteiger partial charge in [0, 0.05) is 18.5 Å². The van der Waals surface area contributed by atoms with Crippen molar-refractivity contribution in [2.75, 3.05) is 5.32 Å². The number of fused-ring (bicyclic) bond motifs is 1. The lowest BCUT2D eigenvalue weighted by molar-refractivity contribution is -0.114. The van der Waals surface area contributed by atoms with Crippen LogP contribution in [-0.4, -0.2) is 21.7 Å². The summed E-state index contributed by atoms with van der Waals surface area (Å²) in [4.78, 5) is 41.0. The van der Waals surface area contributed by atoms with Crippen molar-refractivity contribution in [1.29, 1.82) is 0 Å². The Bertz CT molecular complexity index is 703. The number of hydrogen-bond acceptors (Lipinski definition) is 4. The minimum absolute atomic E-state index is 0.0642. The van der Waals surface area contributed by atoms with E-state index in [0.29, 0.717) is 11.0 Å². The summed E-state index contributed by atoms with van der Waals surface area (Å²) in [6, 6.07) is 3.34. The number of ketones is 1. The lowest BCUT2D eigenvalue weighted by Crippen LogP contribution is -2.21. The summed E-state index contributed by atoms with van der Waals surface area (Å²) in [5, 5.41) is 3.04. The molecule has 1 amide bonds. The third-order valence-corrected chi connectivity index (χ3v) is 2.44. The molecule has 0 bridgehead atoms. The Hall–Kier alpha value is -2.50. The Morgan fingerprint density at radius 2 is 2.06 bits per heavy atom. The summed E-state index contributed by atoms with van der Waals surface area (Å²) >= 11 is 0. The molecule has 0 atom stereocenters. The Morgan fingerprint density at radius 1 is 1.33 bits per heavy atom. The van der Waals surface area contributed by atoms with Gasteiger partial charge in [-0.1, -0.05) is 0 Å². The van der Waals surface area contributed by atoms with Gasteiger partial charge >= 0.3 is 0 Å². The number of hydrogen-bond donors (Lipinski definition) is 2. The first-order chi connectivity index (χ1) is 8.50. The van der Waals surface area contributed by atoms with Crippen LogP contribution >= 0.6 is 0 Å². The molecule has 2 N–H and O–H groups in total. The monoisotopic (exact) mass is 245 g/mol. The molecule has 2 rings (SSSR count). The van der Waals surface area contributed by atoms with E-state index in [0.717, 1.165) is 0 Å². The van der Waals surface area contributed by atoms with Crippen LogP contribution in [0.25, 0.3) is 11.0 Å². The van der Waals surface area contributed by atoms with Crippen molar-refractivity contribution in [3.8, 4) is 0 Å². The molecule has 2 heterocycles. The average molecular weight is 245 g/mol. The lowest BCUT2D eigenvalue weighted by Gasteiger charge is -2.09. The van der Waals surface area contributed by atoms with Crippen LogP contribution in [0.5, 0.6) is 0 Å². The van der Waals surface area contributed by atoms with Crippen molar-refractivity contribution in [3.05, 3.63) is 34.2 Å². The van der Waals surface area contributed by atoms with E-state index in [1.807, 2.05) is 0 Å². The van der Waals surface area contributed by atoms with Gasteiger partial charge in [-0.05, 0) is 19.1 Å². The summed E-state index contributed by atoms with van der Waals surface area (Å²) in [5.41, 5.74) is -0.0822. The molecule has 18 heavy (non-hydrogen) atoms. The summed E-state index contributed by atoms with van der Waals surface area (Å²) in [5.74, 6) is -0.765. The van der Waals surface area contributed by atoms with E-state index in [2.05, 4.69) is 15.3 Å². The fraction of sp³-hybridized carbons (Fsp3) is 0.167. The average Bonchev–Trinajstić information content (AvgIpc) is 2.27. The molecule has 6 nitrogen and oxygen atoms in total. The van der Waals surface area contributed by atoms with Crippen molar-refractivity contribution in [2.45, 2.75) is 13.8 Å². The van der Waals surface area contributed by atoms with Gasteiger partial charge in [0.05, 0.1) is 5.69 Å². The van der Waals surface area contributed by atoms with Crippen LogP contribution in [0.2, 0.25) is 0 Å². The van der Waals surface area contributed by atoms with E-state index in [1.54, 1.807) is 12.1 Å². The van der Waals surface area contributed by atoms with Crippen LogP contribution in [0.15, 0.2) is 23.1 Å². The highest BCUT2D eigenvalue weighted by molar-refractivity contribution is 6.10. The second-order valence-electron chi connectivity index (χ2n) is 3.84. The van der Waals surface area contributed by atoms with Gasteiger partial charge in [-0.25, -0.2) is 4.98 Å². The smallest absolute Gasteiger partial charge is 0.262 e. The van der Waals surface area contributed by atoms with Crippen molar-refractivity contribution in [1.82, 2.24) is 9.97 Å². The summed E-state index contributed by atoms with van der Waals surface area (Å²) in [6.07, 6.45) is 1.52. The number of carbonyl (C=O) groups excluding carboxylic acids is 2. The van der Waals surface area contributed by atoms with Gasteiger partial charge in [0.25, 0.3) is 5.56 Å². The van der Waals surface area contributed by atoms with E-state index < -0.39 is 11.3 Å². The molecule has 0 aliphatic rings. The minimum atomic E-state index is -0.558. The van der Waals surface area contributed by atoms with Gasteiger partial charge in [-0.3, -0.25) is 14.4 Å². The number of carbonyl (C=O) groups is 2. The number of rotatable bonds is 2. The molecule has 0 spiro atoms. The molecule has 2 aromatic heterocycles. The highest BCUT2D eigenvalue weighted by Gasteiger charge is 2.17. The van der Waals surface area contributed by atoms with Crippen LogP contribution in [0.4, 0.5) is 5.69 Å². The molecular formula is C12H11N3O3. The minimum Gasteiger partial charge on any atom is -0.325 e. The Morgan fingerprint density at radius 3 is 2.67 bits per heavy atom. The number of Topliss-reactive ketones (excluding diaryl/α,β-unsaturated/α-hetero) is 1. The molecule has 0 saturated carbocycles. The zero-order chi connectivity index (χ0) is 13.3. The van der Waals surface area contributed by atoms with E-state index in [9.17, 15) is 14.4 Å². The maximum Gasteiger partial charge on any atom is 0.262 e. The largest absolute Gasteiger partial charge is 0.325 e. The maximum atomic E-state index is 11.8. The zero-order valence-corrected chi connectivity index (χ0v) is 9.90. The van der Waals surface area contributed by atoms with Crippen molar-refractivity contribution < 1.29 is 9.59 Å². The number of aromatic nitrogens is 2. The first-order valence-electron chi connectivity index (χ1n) is 5.30. The molecule has 92 valence electrons.